The van der Waals surface area contributed by atoms with Crippen molar-refractivity contribution < 1.29 is 9.18 Å². The van der Waals surface area contributed by atoms with Crippen LogP contribution in [0, 0.1) is 19.7 Å². The normalized spacial score (nSPS) is 11.1. The van der Waals surface area contributed by atoms with Crippen molar-refractivity contribution in [1.82, 2.24) is 4.98 Å². The van der Waals surface area contributed by atoms with Crippen LogP contribution in [-0.2, 0) is 11.3 Å². The predicted molar refractivity (Wildman–Crippen MR) is 128 cm³/mol. The van der Waals surface area contributed by atoms with E-state index in [1.54, 1.807) is 40.1 Å². The Balaban J connectivity index is 1.55. The number of aryl methyl sites for hydroxylation is 2. The standard InChI is InChI=1S/C25H23FN2OS2/c1-17-14-22-23(15-18(17)2)31-25(27-22)28(16-19-6-4-3-5-7-19)24(29)12-13-30-21-10-8-20(26)9-11-21/h3-11,14-15H,12-13,16H2,1-2H3. The molecule has 0 atom stereocenters. The minimum atomic E-state index is -0.254. The number of anilines is 1. The summed E-state index contributed by atoms with van der Waals surface area (Å²) < 4.78 is 14.2. The quantitative estimate of drug-likeness (QED) is 0.291. The van der Waals surface area contributed by atoms with Crippen LogP contribution in [0.15, 0.2) is 71.6 Å². The second-order valence-corrected chi connectivity index (χ2v) is 9.60. The number of benzene rings is 3. The third-order valence-corrected chi connectivity index (χ3v) is 7.16. The Morgan fingerprint density at radius 1 is 1.03 bits per heavy atom. The third-order valence-electron chi connectivity index (χ3n) is 5.11. The average molecular weight is 451 g/mol. The van der Waals surface area contributed by atoms with Crippen molar-refractivity contribution in [2.75, 3.05) is 10.7 Å². The summed E-state index contributed by atoms with van der Waals surface area (Å²) >= 11 is 3.11. The van der Waals surface area contributed by atoms with Gasteiger partial charge in [-0.2, -0.15) is 0 Å². The summed E-state index contributed by atoms with van der Waals surface area (Å²) in [7, 11) is 0. The molecule has 0 aliphatic carbocycles. The fraction of sp³-hybridized carbons (Fsp3) is 0.200. The van der Waals surface area contributed by atoms with Gasteiger partial charge < -0.3 is 0 Å². The van der Waals surface area contributed by atoms with Crippen LogP contribution in [0.1, 0.15) is 23.1 Å². The van der Waals surface area contributed by atoms with Crippen LogP contribution < -0.4 is 4.90 Å². The van der Waals surface area contributed by atoms with Crippen LogP contribution in [0.4, 0.5) is 9.52 Å². The van der Waals surface area contributed by atoms with Crippen LogP contribution in [0.5, 0.6) is 0 Å². The summed E-state index contributed by atoms with van der Waals surface area (Å²) in [6.45, 7) is 4.65. The molecule has 0 bridgehead atoms. The number of rotatable bonds is 7. The molecule has 0 N–H and O–H groups in total. The maximum atomic E-state index is 13.2. The Labute approximate surface area is 189 Å². The molecule has 6 heteroatoms. The number of carbonyl (C=O) groups is 1. The molecule has 158 valence electrons. The number of halogens is 1. The van der Waals surface area contributed by atoms with Gasteiger partial charge in [-0.25, -0.2) is 9.37 Å². The van der Waals surface area contributed by atoms with E-state index in [0.29, 0.717) is 18.7 Å². The molecule has 0 radical (unpaired) electrons. The fourth-order valence-electron chi connectivity index (χ4n) is 3.23. The smallest absolute Gasteiger partial charge is 0.229 e. The highest BCUT2D eigenvalue weighted by Gasteiger charge is 2.20. The molecule has 0 aliphatic heterocycles. The van der Waals surface area contributed by atoms with Crippen molar-refractivity contribution in [3.8, 4) is 0 Å². The lowest BCUT2D eigenvalue weighted by atomic mass is 10.1. The summed E-state index contributed by atoms with van der Waals surface area (Å²) in [6, 6.07) is 20.6. The van der Waals surface area contributed by atoms with E-state index in [4.69, 9.17) is 4.98 Å². The maximum Gasteiger partial charge on any atom is 0.229 e. The van der Waals surface area contributed by atoms with E-state index in [1.807, 2.05) is 30.3 Å². The molecule has 1 heterocycles. The molecule has 4 aromatic rings. The van der Waals surface area contributed by atoms with Crippen molar-refractivity contribution in [2.24, 2.45) is 0 Å². The molecule has 1 aromatic heterocycles. The summed E-state index contributed by atoms with van der Waals surface area (Å²) in [4.78, 5) is 20.7. The van der Waals surface area contributed by atoms with Crippen LogP contribution in [-0.4, -0.2) is 16.6 Å². The molecule has 0 aliphatic rings. The van der Waals surface area contributed by atoms with Crippen LogP contribution in [0.2, 0.25) is 0 Å². The Kier molecular flexibility index (Phi) is 6.68. The number of fused-ring (bicyclic) bond motifs is 1. The molecule has 4 rings (SSSR count). The molecular weight excluding hydrogens is 427 g/mol. The van der Waals surface area contributed by atoms with Crippen molar-refractivity contribution in [1.29, 1.82) is 0 Å². The van der Waals surface area contributed by atoms with Gasteiger partial charge in [0.15, 0.2) is 5.13 Å². The Hall–Kier alpha value is -2.70. The van der Waals surface area contributed by atoms with Gasteiger partial charge in [-0.05, 0) is 66.9 Å². The van der Waals surface area contributed by atoms with E-state index < -0.39 is 0 Å². The summed E-state index contributed by atoms with van der Waals surface area (Å²) in [5, 5.41) is 0.723. The van der Waals surface area contributed by atoms with Crippen molar-refractivity contribution in [3.63, 3.8) is 0 Å². The topological polar surface area (TPSA) is 33.2 Å². The third kappa shape index (κ3) is 5.32. The van der Waals surface area contributed by atoms with E-state index in [9.17, 15) is 9.18 Å². The van der Waals surface area contributed by atoms with Gasteiger partial charge in [0.1, 0.15) is 5.82 Å². The van der Waals surface area contributed by atoms with E-state index in [0.717, 1.165) is 25.8 Å². The van der Waals surface area contributed by atoms with Gasteiger partial charge in [0.05, 0.1) is 16.8 Å². The number of thioether (sulfide) groups is 1. The fourth-order valence-corrected chi connectivity index (χ4v) is 5.14. The molecule has 0 unspecified atom stereocenters. The molecule has 3 nitrogen and oxygen atoms in total. The summed E-state index contributed by atoms with van der Waals surface area (Å²) in [5.41, 5.74) is 4.41. The van der Waals surface area contributed by atoms with E-state index in [-0.39, 0.29) is 11.7 Å². The number of thiazole rings is 1. The van der Waals surface area contributed by atoms with Gasteiger partial charge in [0.2, 0.25) is 5.91 Å². The minimum Gasteiger partial charge on any atom is -0.284 e. The summed E-state index contributed by atoms with van der Waals surface area (Å²) in [5.74, 6) is 0.403. The van der Waals surface area contributed by atoms with Gasteiger partial charge in [0, 0.05) is 17.1 Å². The Morgan fingerprint density at radius 3 is 2.48 bits per heavy atom. The Morgan fingerprint density at radius 2 is 1.74 bits per heavy atom. The van der Waals surface area contributed by atoms with Crippen LogP contribution in [0.25, 0.3) is 10.2 Å². The van der Waals surface area contributed by atoms with Gasteiger partial charge in [-0.3, -0.25) is 9.69 Å². The van der Waals surface area contributed by atoms with E-state index in [2.05, 4.69) is 26.0 Å². The monoisotopic (exact) mass is 450 g/mol. The largest absolute Gasteiger partial charge is 0.284 e. The zero-order valence-corrected chi connectivity index (χ0v) is 19.1. The number of aromatic nitrogens is 1. The first-order chi connectivity index (χ1) is 15.0. The number of hydrogen-bond donors (Lipinski definition) is 0. The molecule has 0 spiro atoms. The maximum absolute atomic E-state index is 13.2. The molecule has 1 amide bonds. The lowest BCUT2D eigenvalue weighted by Gasteiger charge is -2.20. The molecule has 0 saturated carbocycles. The minimum absolute atomic E-state index is 0.0333. The first-order valence-electron chi connectivity index (χ1n) is 10.1. The number of nitrogens with zero attached hydrogens (tertiary/aromatic N) is 2. The lowest BCUT2D eigenvalue weighted by Crippen LogP contribution is -2.30. The number of amides is 1. The van der Waals surface area contributed by atoms with E-state index >= 15 is 0 Å². The highest BCUT2D eigenvalue weighted by molar-refractivity contribution is 7.99. The highest BCUT2D eigenvalue weighted by Crippen LogP contribution is 2.32. The van der Waals surface area contributed by atoms with E-state index in [1.165, 1.54) is 23.3 Å². The number of hydrogen-bond acceptors (Lipinski definition) is 4. The molecule has 3 aromatic carbocycles. The Bertz CT molecular complexity index is 1150. The first-order valence-corrected chi connectivity index (χ1v) is 11.9. The number of carbonyl (C=O) groups excluding carboxylic acids is 1. The zero-order chi connectivity index (χ0) is 21.8. The zero-order valence-electron chi connectivity index (χ0n) is 17.5. The van der Waals surface area contributed by atoms with Crippen LogP contribution in [0.3, 0.4) is 0 Å². The van der Waals surface area contributed by atoms with Crippen molar-refractivity contribution in [3.05, 3.63) is 89.2 Å². The van der Waals surface area contributed by atoms with Gasteiger partial charge in [-0.15, -0.1) is 11.8 Å². The van der Waals surface area contributed by atoms with Crippen molar-refractivity contribution in [2.45, 2.75) is 31.7 Å². The van der Waals surface area contributed by atoms with Gasteiger partial charge >= 0.3 is 0 Å². The SMILES string of the molecule is Cc1cc2nc(N(Cc3ccccc3)C(=O)CCSc3ccc(F)cc3)sc2cc1C. The summed E-state index contributed by atoms with van der Waals surface area (Å²) in [6.07, 6.45) is 0.378. The average Bonchev–Trinajstić information content (AvgIpc) is 3.16. The molecule has 0 saturated heterocycles. The predicted octanol–water partition coefficient (Wildman–Crippen LogP) is 6.77. The highest BCUT2D eigenvalue weighted by atomic mass is 32.2. The lowest BCUT2D eigenvalue weighted by molar-refractivity contribution is -0.118. The second-order valence-electron chi connectivity index (χ2n) is 7.42. The van der Waals surface area contributed by atoms with Crippen molar-refractivity contribution >= 4 is 44.4 Å². The molecule has 31 heavy (non-hydrogen) atoms. The van der Waals surface area contributed by atoms with Gasteiger partial charge in [0.25, 0.3) is 0 Å². The van der Waals surface area contributed by atoms with Gasteiger partial charge in [-0.1, -0.05) is 41.7 Å². The second kappa shape index (κ2) is 9.62. The molecular formula is C25H23FN2OS2. The molecule has 0 fully saturated rings. The first kappa shape index (κ1) is 21.5. The van der Waals surface area contributed by atoms with Crippen LogP contribution >= 0.6 is 23.1 Å².